The van der Waals surface area contributed by atoms with Crippen molar-refractivity contribution in [2.45, 2.75) is 32.4 Å². The topological polar surface area (TPSA) is 58.6 Å². The SMILES string of the molecule is CN/C(C1=CC=CCC1)=C1/N=C(C2C=CC=CC2)NC/C1=N/Cn1c2c(c3ccc4ccccc4c31)C=CCc1c-2n(-c2ccccc2)c2c1ccc1ccccc12. The molecule has 1 unspecified atom stereocenters. The van der Waals surface area contributed by atoms with E-state index in [4.69, 9.17) is 9.98 Å². The standard InChI is InChI=1S/C52H44N6/c1-53-46(36-18-5-2-6-19-36)47-45(32-54-52(56-47)37-20-7-3-8-21-37)55-33-57-48-39-24-13-11-16-34(39)28-30-43(48)41-26-15-27-42-44-31-29-35-17-12-14-25-40(35)49(44)58(51(42)50(41)57)38-22-9-4-10-23-38/h2-5,7-18,20,22-26,28-31,37,53H,6,19,21,27,32-33H2,1H3,(H,54,56)/b47-46+,55-45-. The lowest BCUT2D eigenvalue weighted by molar-refractivity contribution is 0.757. The number of rotatable bonds is 6. The smallest absolute Gasteiger partial charge is 0.115 e. The van der Waals surface area contributed by atoms with Gasteiger partial charge in [-0.25, -0.2) is 4.99 Å². The van der Waals surface area contributed by atoms with Gasteiger partial charge in [-0.1, -0.05) is 146 Å². The third-order valence-corrected chi connectivity index (χ3v) is 12.3. The molecule has 0 saturated heterocycles. The Hall–Kier alpha value is -6.92. The van der Waals surface area contributed by atoms with Gasteiger partial charge in [0.25, 0.3) is 0 Å². The lowest BCUT2D eigenvalue weighted by atomic mass is 9.96. The number of nitrogens with one attached hydrogen (secondary N) is 2. The molecular formula is C52H44N6. The van der Waals surface area contributed by atoms with E-state index in [2.05, 4.69) is 178 Å². The second kappa shape index (κ2) is 14.2. The number of benzene rings is 5. The Morgan fingerprint density at radius 3 is 2.31 bits per heavy atom. The molecule has 0 bridgehead atoms. The average molecular weight is 753 g/mol. The Kier molecular flexibility index (Phi) is 8.42. The van der Waals surface area contributed by atoms with Gasteiger partial charge in [0.1, 0.15) is 18.2 Å². The number of allylic oxidation sites excluding steroid dienone is 8. The Balaban J connectivity index is 1.19. The Morgan fingerprint density at radius 2 is 1.55 bits per heavy atom. The maximum Gasteiger partial charge on any atom is 0.115 e. The van der Waals surface area contributed by atoms with Gasteiger partial charge in [-0.15, -0.1) is 0 Å². The monoisotopic (exact) mass is 752 g/mol. The maximum absolute atomic E-state index is 5.63. The van der Waals surface area contributed by atoms with Crippen molar-refractivity contribution >= 4 is 61.0 Å². The predicted octanol–water partition coefficient (Wildman–Crippen LogP) is 11.4. The van der Waals surface area contributed by atoms with Crippen LogP contribution in [0.25, 0.3) is 66.5 Å². The van der Waals surface area contributed by atoms with Gasteiger partial charge in [-0.3, -0.25) is 4.99 Å². The van der Waals surface area contributed by atoms with E-state index in [0.717, 1.165) is 54.3 Å². The fourth-order valence-corrected chi connectivity index (χ4v) is 9.62. The molecule has 0 saturated carbocycles. The molecule has 1 atom stereocenters. The highest BCUT2D eigenvalue weighted by Crippen LogP contribution is 2.47. The molecule has 0 fully saturated rings. The first-order chi connectivity index (χ1) is 28.8. The molecule has 282 valence electrons. The number of amidine groups is 1. The predicted molar refractivity (Wildman–Crippen MR) is 244 cm³/mol. The molecule has 58 heavy (non-hydrogen) atoms. The number of hydrogen-bond acceptors (Lipinski definition) is 4. The second-order valence-electron chi connectivity index (χ2n) is 15.5. The molecule has 11 rings (SSSR count). The highest BCUT2D eigenvalue weighted by Gasteiger charge is 2.30. The third-order valence-electron chi connectivity index (χ3n) is 12.3. The summed E-state index contributed by atoms with van der Waals surface area (Å²) in [6.07, 6.45) is 23.8. The van der Waals surface area contributed by atoms with Crippen LogP contribution in [0.5, 0.6) is 0 Å². The molecule has 3 heterocycles. The van der Waals surface area contributed by atoms with E-state index < -0.39 is 0 Å². The Labute approximate surface area is 338 Å². The molecule has 3 aliphatic carbocycles. The van der Waals surface area contributed by atoms with Crippen LogP contribution in [-0.2, 0) is 13.1 Å². The highest BCUT2D eigenvalue weighted by atomic mass is 15.1. The fourth-order valence-electron chi connectivity index (χ4n) is 9.62. The zero-order valence-electron chi connectivity index (χ0n) is 32.6. The summed E-state index contributed by atoms with van der Waals surface area (Å²) >= 11 is 0. The van der Waals surface area contributed by atoms with Gasteiger partial charge in [0.15, 0.2) is 0 Å². The van der Waals surface area contributed by atoms with Crippen molar-refractivity contribution in [1.29, 1.82) is 0 Å². The van der Waals surface area contributed by atoms with Crippen LogP contribution >= 0.6 is 0 Å². The Bertz CT molecular complexity index is 3060. The van der Waals surface area contributed by atoms with Crippen LogP contribution < -0.4 is 10.6 Å². The molecule has 6 nitrogen and oxygen atoms in total. The number of nitrogens with zero attached hydrogens (tertiary/aromatic N) is 4. The first kappa shape index (κ1) is 34.3. The number of fused-ring (bicyclic) bond motifs is 11. The molecule has 1 aliphatic heterocycles. The summed E-state index contributed by atoms with van der Waals surface area (Å²) in [4.78, 5) is 11.0. The van der Waals surface area contributed by atoms with Gasteiger partial charge in [-0.05, 0) is 59.7 Å². The van der Waals surface area contributed by atoms with Crippen molar-refractivity contribution in [1.82, 2.24) is 19.8 Å². The quantitative estimate of drug-likeness (QED) is 0.178. The molecule has 0 spiro atoms. The number of aliphatic imine (C=N–C) groups is 2. The van der Waals surface area contributed by atoms with Crippen LogP contribution in [0, 0.1) is 5.92 Å². The number of likely N-dealkylation sites (N-methyl/N-ethyl adjacent to an activating group) is 1. The number of hydrogen-bond donors (Lipinski definition) is 2. The van der Waals surface area contributed by atoms with E-state index in [1.807, 2.05) is 7.05 Å². The van der Waals surface area contributed by atoms with Crippen LogP contribution in [0.2, 0.25) is 0 Å². The van der Waals surface area contributed by atoms with Crippen molar-refractivity contribution in [3.63, 3.8) is 0 Å². The number of aromatic nitrogens is 2. The van der Waals surface area contributed by atoms with Gasteiger partial charge >= 0.3 is 0 Å². The molecule has 5 aromatic carbocycles. The third kappa shape index (κ3) is 5.54. The average Bonchev–Trinajstić information content (AvgIpc) is 3.71. The largest absolute Gasteiger partial charge is 0.386 e. The summed E-state index contributed by atoms with van der Waals surface area (Å²) in [5, 5.41) is 14.7. The van der Waals surface area contributed by atoms with Crippen molar-refractivity contribution in [2.75, 3.05) is 13.6 Å². The summed E-state index contributed by atoms with van der Waals surface area (Å²) in [5.74, 6) is 1.20. The van der Waals surface area contributed by atoms with Gasteiger partial charge in [0.2, 0.25) is 0 Å². The minimum Gasteiger partial charge on any atom is -0.386 e. The molecular weight excluding hydrogens is 709 g/mol. The summed E-state index contributed by atoms with van der Waals surface area (Å²) in [7, 11) is 2.02. The summed E-state index contributed by atoms with van der Waals surface area (Å²) in [6.45, 7) is 1.03. The summed E-state index contributed by atoms with van der Waals surface area (Å²) in [5.41, 5.74) is 12.8. The van der Waals surface area contributed by atoms with Crippen molar-refractivity contribution < 1.29 is 0 Å². The molecule has 0 radical (unpaired) electrons. The zero-order chi connectivity index (χ0) is 38.6. The minimum atomic E-state index is 0.205. The van der Waals surface area contributed by atoms with Crippen LogP contribution in [0.4, 0.5) is 0 Å². The van der Waals surface area contributed by atoms with E-state index in [1.165, 1.54) is 71.4 Å². The lowest BCUT2D eigenvalue weighted by Crippen LogP contribution is -2.40. The molecule has 6 heteroatoms. The van der Waals surface area contributed by atoms with E-state index in [-0.39, 0.29) is 5.92 Å². The van der Waals surface area contributed by atoms with Crippen LogP contribution in [-0.4, -0.2) is 34.3 Å². The molecule has 4 aliphatic rings. The van der Waals surface area contributed by atoms with Crippen molar-refractivity contribution in [2.24, 2.45) is 15.9 Å². The lowest BCUT2D eigenvalue weighted by Gasteiger charge is -2.26. The number of para-hydroxylation sites is 1. The van der Waals surface area contributed by atoms with E-state index >= 15 is 0 Å². The summed E-state index contributed by atoms with van der Waals surface area (Å²) < 4.78 is 5.03. The maximum atomic E-state index is 5.63. The van der Waals surface area contributed by atoms with E-state index in [1.54, 1.807) is 0 Å². The highest BCUT2D eigenvalue weighted by molar-refractivity contribution is 6.15. The van der Waals surface area contributed by atoms with E-state index in [9.17, 15) is 0 Å². The molecule has 0 amide bonds. The van der Waals surface area contributed by atoms with Crippen molar-refractivity contribution in [3.05, 3.63) is 180 Å². The normalized spacial score (nSPS) is 19.0. The van der Waals surface area contributed by atoms with Gasteiger partial charge in [0, 0.05) is 45.8 Å². The van der Waals surface area contributed by atoms with Crippen LogP contribution in [0.15, 0.2) is 179 Å². The first-order valence-electron chi connectivity index (χ1n) is 20.6. The minimum absolute atomic E-state index is 0.205. The van der Waals surface area contributed by atoms with Crippen LogP contribution in [0.3, 0.4) is 0 Å². The fraction of sp³-hybridized carbons (Fsp3) is 0.154. The van der Waals surface area contributed by atoms with Gasteiger partial charge < -0.3 is 19.8 Å². The summed E-state index contributed by atoms with van der Waals surface area (Å²) in [6, 6.07) is 37.7. The second-order valence-corrected chi connectivity index (χ2v) is 15.5. The molecule has 2 N–H and O–H groups in total. The van der Waals surface area contributed by atoms with Gasteiger partial charge in [-0.2, -0.15) is 0 Å². The van der Waals surface area contributed by atoms with Crippen LogP contribution in [0.1, 0.15) is 30.4 Å². The zero-order valence-corrected chi connectivity index (χ0v) is 32.6. The Morgan fingerprint density at radius 1 is 0.776 bits per heavy atom. The van der Waals surface area contributed by atoms with Crippen molar-refractivity contribution in [3.8, 4) is 17.1 Å². The molecule has 2 aromatic heterocycles. The molecule has 7 aromatic rings. The first-order valence-corrected chi connectivity index (χ1v) is 20.6. The van der Waals surface area contributed by atoms with Gasteiger partial charge in [0.05, 0.1) is 40.4 Å². The van der Waals surface area contributed by atoms with E-state index in [0.29, 0.717) is 13.2 Å².